The van der Waals surface area contributed by atoms with E-state index in [2.05, 4.69) is 42.5 Å². The molecule has 6 rings (SSSR count). The largest absolute Gasteiger partial charge is 0.495 e. The molecule has 0 bridgehead atoms. The van der Waals surface area contributed by atoms with Gasteiger partial charge < -0.3 is 19.9 Å². The summed E-state index contributed by atoms with van der Waals surface area (Å²) >= 11 is 1.58. The van der Waals surface area contributed by atoms with E-state index in [4.69, 9.17) is 9.72 Å². The predicted molar refractivity (Wildman–Crippen MR) is 148 cm³/mol. The second kappa shape index (κ2) is 10.7. The van der Waals surface area contributed by atoms with Gasteiger partial charge in [-0.25, -0.2) is 20.0 Å². The van der Waals surface area contributed by atoms with Crippen LogP contribution in [0, 0.1) is 0 Å². The first-order valence-corrected chi connectivity index (χ1v) is 13.6. The first-order chi connectivity index (χ1) is 18.6. The number of aromatic nitrogens is 4. The van der Waals surface area contributed by atoms with Crippen LogP contribution in [0.2, 0.25) is 0 Å². The van der Waals surface area contributed by atoms with E-state index in [0.717, 1.165) is 44.1 Å². The minimum Gasteiger partial charge on any atom is -0.495 e. The van der Waals surface area contributed by atoms with Crippen molar-refractivity contribution in [3.63, 3.8) is 0 Å². The molecule has 0 radical (unpaired) electrons. The average molecular weight is 534 g/mol. The summed E-state index contributed by atoms with van der Waals surface area (Å²) in [6, 6.07) is 9.46. The maximum atomic E-state index is 13.4. The molecule has 2 saturated heterocycles. The number of ether oxygens (including phenoxy) is 1. The van der Waals surface area contributed by atoms with E-state index in [1.54, 1.807) is 30.7 Å². The zero-order chi connectivity index (χ0) is 26.1. The molecule has 3 aromatic heterocycles. The van der Waals surface area contributed by atoms with Crippen LogP contribution in [-0.4, -0.2) is 112 Å². The van der Waals surface area contributed by atoms with Crippen molar-refractivity contribution < 1.29 is 9.53 Å². The molecule has 0 unspecified atom stereocenters. The van der Waals surface area contributed by atoms with E-state index in [0.29, 0.717) is 52.8 Å². The van der Waals surface area contributed by atoms with Gasteiger partial charge in [0.15, 0.2) is 11.6 Å². The van der Waals surface area contributed by atoms with Gasteiger partial charge in [-0.15, -0.1) is 11.3 Å². The Morgan fingerprint density at radius 3 is 2.50 bits per heavy atom. The Bertz CT molecular complexity index is 1410. The van der Waals surface area contributed by atoms with E-state index in [1.807, 2.05) is 34.5 Å². The number of thiophene rings is 1. The third-order valence-electron chi connectivity index (χ3n) is 7.17. The number of hydrogen-bond acceptors (Lipinski definition) is 10. The molecule has 2 aliphatic heterocycles. The van der Waals surface area contributed by atoms with E-state index >= 15 is 0 Å². The number of carbonyl (C=O) groups excluding carboxylic acids is 1. The normalized spacial score (nSPS) is 17.7. The number of rotatable bonds is 6. The van der Waals surface area contributed by atoms with Crippen molar-refractivity contribution in [1.82, 2.24) is 40.0 Å². The Balaban J connectivity index is 1.17. The summed E-state index contributed by atoms with van der Waals surface area (Å²) < 4.78 is 5.68. The van der Waals surface area contributed by atoms with Crippen molar-refractivity contribution in [1.29, 1.82) is 0 Å². The fraction of sp³-hybridized carbons (Fsp3) is 0.385. The quantitative estimate of drug-likeness (QED) is 0.387. The highest BCUT2D eigenvalue weighted by atomic mass is 32.1. The van der Waals surface area contributed by atoms with Crippen molar-refractivity contribution in [3.05, 3.63) is 47.5 Å². The van der Waals surface area contributed by atoms with Crippen molar-refractivity contribution >= 4 is 39.8 Å². The first kappa shape index (κ1) is 24.7. The Hall–Kier alpha value is -3.58. The molecule has 0 aliphatic carbocycles. The molecule has 2 aliphatic rings. The van der Waals surface area contributed by atoms with Crippen molar-refractivity contribution in [2.24, 2.45) is 0 Å². The minimum absolute atomic E-state index is 0.0193. The van der Waals surface area contributed by atoms with Crippen LogP contribution in [0.4, 0.5) is 11.5 Å². The Kier molecular flexibility index (Phi) is 6.94. The van der Waals surface area contributed by atoms with Crippen LogP contribution >= 0.6 is 11.3 Å². The molecule has 198 valence electrons. The molecule has 11 nitrogen and oxygen atoms in total. The number of anilines is 2. The third kappa shape index (κ3) is 4.95. The topological polar surface area (TPSA) is 106 Å². The lowest BCUT2D eigenvalue weighted by Crippen LogP contribution is -2.59. The highest BCUT2D eigenvalue weighted by molar-refractivity contribution is 7.13. The van der Waals surface area contributed by atoms with Crippen molar-refractivity contribution in [3.8, 4) is 16.5 Å². The SMILES string of the molecule is COc1cc(C(=O)N2CCN(N3CCN(C)CC3)CC2)ccc1Nc1nc(-c2cccs2)nc2cn[nH]c12. The molecule has 1 amide bonds. The third-order valence-corrected chi connectivity index (χ3v) is 8.03. The molecule has 1 aromatic carbocycles. The van der Waals surface area contributed by atoms with Gasteiger partial charge in [-0.3, -0.25) is 9.89 Å². The summed E-state index contributed by atoms with van der Waals surface area (Å²) in [5.41, 5.74) is 2.72. The molecule has 0 atom stereocenters. The molecule has 2 fully saturated rings. The van der Waals surface area contributed by atoms with Gasteiger partial charge in [-0.1, -0.05) is 6.07 Å². The zero-order valence-electron chi connectivity index (χ0n) is 21.6. The molecular formula is C26H31N9O2S. The summed E-state index contributed by atoms with van der Waals surface area (Å²) in [6.07, 6.45) is 1.68. The Morgan fingerprint density at radius 1 is 1.03 bits per heavy atom. The number of amides is 1. The smallest absolute Gasteiger partial charge is 0.254 e. The number of H-pyrrole nitrogens is 1. The van der Waals surface area contributed by atoms with Crippen LogP contribution in [0.25, 0.3) is 21.7 Å². The molecule has 12 heteroatoms. The van der Waals surface area contributed by atoms with Crippen LogP contribution < -0.4 is 10.1 Å². The summed E-state index contributed by atoms with van der Waals surface area (Å²) in [5.74, 6) is 1.80. The van der Waals surface area contributed by atoms with Gasteiger partial charge in [0.05, 0.1) is 23.9 Å². The Morgan fingerprint density at radius 2 is 1.79 bits per heavy atom. The number of hydrogen-bond donors (Lipinski definition) is 2. The number of nitrogens with one attached hydrogen (secondary N) is 2. The maximum absolute atomic E-state index is 13.4. The average Bonchev–Trinajstić information content (AvgIpc) is 3.66. The molecular weight excluding hydrogens is 502 g/mol. The van der Waals surface area contributed by atoms with Gasteiger partial charge in [-0.2, -0.15) is 5.10 Å². The summed E-state index contributed by atoms with van der Waals surface area (Å²) in [5, 5.41) is 17.3. The van der Waals surface area contributed by atoms with Crippen molar-refractivity contribution in [2.45, 2.75) is 0 Å². The highest BCUT2D eigenvalue weighted by Gasteiger charge is 2.27. The predicted octanol–water partition coefficient (Wildman–Crippen LogP) is 2.75. The van der Waals surface area contributed by atoms with E-state index in [9.17, 15) is 4.79 Å². The monoisotopic (exact) mass is 533 g/mol. The number of hydrazine groups is 1. The van der Waals surface area contributed by atoms with Crippen LogP contribution in [0.1, 0.15) is 10.4 Å². The zero-order valence-corrected chi connectivity index (χ0v) is 22.4. The van der Waals surface area contributed by atoms with Crippen LogP contribution in [0.15, 0.2) is 41.9 Å². The lowest BCUT2D eigenvalue weighted by Gasteiger charge is -2.44. The molecule has 0 saturated carbocycles. The lowest BCUT2D eigenvalue weighted by molar-refractivity contribution is -0.0743. The van der Waals surface area contributed by atoms with Crippen LogP contribution in [-0.2, 0) is 0 Å². The van der Waals surface area contributed by atoms with Gasteiger partial charge in [-0.05, 0) is 36.7 Å². The summed E-state index contributed by atoms with van der Waals surface area (Å²) in [7, 11) is 3.77. The number of piperazine rings is 2. The van der Waals surface area contributed by atoms with E-state index in [-0.39, 0.29) is 5.91 Å². The minimum atomic E-state index is 0.0193. The molecule has 5 heterocycles. The fourth-order valence-electron chi connectivity index (χ4n) is 4.94. The van der Waals surface area contributed by atoms with Gasteiger partial charge in [0, 0.05) is 57.9 Å². The molecule has 0 spiro atoms. The fourth-order valence-corrected chi connectivity index (χ4v) is 5.60. The number of methoxy groups -OCH3 is 1. The van der Waals surface area contributed by atoms with Gasteiger partial charge >= 0.3 is 0 Å². The van der Waals surface area contributed by atoms with Gasteiger partial charge in [0.2, 0.25) is 0 Å². The first-order valence-electron chi connectivity index (χ1n) is 12.8. The van der Waals surface area contributed by atoms with Crippen LogP contribution in [0.5, 0.6) is 5.75 Å². The van der Waals surface area contributed by atoms with Gasteiger partial charge in [0.25, 0.3) is 5.91 Å². The second-order valence-electron chi connectivity index (χ2n) is 9.55. The summed E-state index contributed by atoms with van der Waals surface area (Å²) in [6.45, 7) is 7.37. The molecule has 2 N–H and O–H groups in total. The second-order valence-corrected chi connectivity index (χ2v) is 10.5. The van der Waals surface area contributed by atoms with Crippen LogP contribution in [0.3, 0.4) is 0 Å². The Labute approximate surface area is 225 Å². The van der Waals surface area contributed by atoms with E-state index in [1.165, 1.54) is 0 Å². The van der Waals surface area contributed by atoms with Gasteiger partial charge in [0.1, 0.15) is 16.8 Å². The number of fused-ring (bicyclic) bond motifs is 1. The number of carbonyl (C=O) groups is 1. The number of benzene rings is 1. The maximum Gasteiger partial charge on any atom is 0.254 e. The molecule has 38 heavy (non-hydrogen) atoms. The lowest BCUT2D eigenvalue weighted by atomic mass is 10.1. The summed E-state index contributed by atoms with van der Waals surface area (Å²) in [4.78, 5) is 28.0. The number of likely N-dealkylation sites (N-methyl/N-ethyl adjacent to an activating group) is 1. The van der Waals surface area contributed by atoms with E-state index < -0.39 is 0 Å². The standard InChI is InChI=1S/C26H31N9O2S/c1-32-7-11-34(12-8-32)35-13-9-33(10-14-35)26(36)18-5-6-19(21(16-18)37-2)28-25-23-20(17-27-31-23)29-24(30-25)22-4-3-15-38-22/h3-6,15-17H,7-14H2,1-2H3,(H,27,31)(H,28,29,30). The number of nitrogens with zero attached hydrogens (tertiary/aromatic N) is 7. The highest BCUT2D eigenvalue weighted by Crippen LogP contribution is 2.32. The number of aromatic amines is 1. The molecule has 4 aromatic rings. The van der Waals surface area contributed by atoms with Crippen molar-refractivity contribution in [2.75, 3.05) is 71.8 Å².